The van der Waals surface area contributed by atoms with Crippen LogP contribution in [0.4, 0.5) is 11.4 Å². The van der Waals surface area contributed by atoms with Crippen LogP contribution in [0.3, 0.4) is 0 Å². The first-order chi connectivity index (χ1) is 15.6. The maximum atomic E-state index is 13.6. The largest absolute Gasteiger partial charge is 0.497 e. The number of hydrogen-bond donors (Lipinski definition) is 1. The molecule has 7 nitrogen and oxygen atoms in total. The Morgan fingerprint density at radius 1 is 0.879 bits per heavy atom. The Labute approximate surface area is 195 Å². The summed E-state index contributed by atoms with van der Waals surface area (Å²) in [4.78, 5) is 13.1. The lowest BCUT2D eigenvalue weighted by Crippen LogP contribution is -2.38. The first kappa shape index (κ1) is 24.1. The van der Waals surface area contributed by atoms with Crippen molar-refractivity contribution in [2.45, 2.75) is 25.7 Å². The predicted octanol–water partition coefficient (Wildman–Crippen LogP) is 4.46. The van der Waals surface area contributed by atoms with E-state index in [1.54, 1.807) is 30.3 Å². The molecule has 1 N–H and O–H groups in total. The molecule has 3 aromatic rings. The smallest absolute Gasteiger partial charge is 0.264 e. The summed E-state index contributed by atoms with van der Waals surface area (Å²) in [5.41, 5.74) is 3.83. The molecule has 0 aliphatic rings. The van der Waals surface area contributed by atoms with Gasteiger partial charge in [-0.3, -0.25) is 9.10 Å². The predicted molar refractivity (Wildman–Crippen MR) is 130 cm³/mol. The average Bonchev–Trinajstić information content (AvgIpc) is 2.79. The highest BCUT2D eigenvalue weighted by atomic mass is 32.2. The minimum absolute atomic E-state index is 0.0666. The summed E-state index contributed by atoms with van der Waals surface area (Å²) >= 11 is 0. The summed E-state index contributed by atoms with van der Waals surface area (Å²) in [6.45, 7) is 5.34. The molecule has 0 heterocycles. The first-order valence-electron chi connectivity index (χ1n) is 10.3. The SMILES string of the molecule is COc1ccc(OC)c(N(CC(=O)Nc2ccc(C)c(C)c2)S(=O)(=O)c2ccc(C)cc2)c1. The Morgan fingerprint density at radius 2 is 1.58 bits per heavy atom. The summed E-state index contributed by atoms with van der Waals surface area (Å²) in [5, 5.41) is 2.79. The zero-order chi connectivity index (χ0) is 24.2. The van der Waals surface area contributed by atoms with Gasteiger partial charge < -0.3 is 14.8 Å². The van der Waals surface area contributed by atoms with Gasteiger partial charge in [0.2, 0.25) is 5.91 Å². The summed E-state index contributed by atoms with van der Waals surface area (Å²) in [6.07, 6.45) is 0. The number of rotatable bonds is 8. The lowest BCUT2D eigenvalue weighted by atomic mass is 10.1. The fraction of sp³-hybridized carbons (Fsp3) is 0.240. The van der Waals surface area contributed by atoms with E-state index in [0.29, 0.717) is 17.2 Å². The van der Waals surface area contributed by atoms with Crippen LogP contribution in [0.1, 0.15) is 16.7 Å². The summed E-state index contributed by atoms with van der Waals surface area (Å²) in [5.74, 6) is 0.244. The monoisotopic (exact) mass is 468 g/mol. The first-order valence-corrected chi connectivity index (χ1v) is 11.8. The van der Waals surface area contributed by atoms with Gasteiger partial charge in [-0.05, 0) is 68.3 Å². The number of carbonyl (C=O) groups is 1. The molecule has 1 amide bonds. The van der Waals surface area contributed by atoms with Gasteiger partial charge in [-0.15, -0.1) is 0 Å². The average molecular weight is 469 g/mol. The van der Waals surface area contributed by atoms with Gasteiger partial charge in [0, 0.05) is 11.8 Å². The number of ether oxygens (including phenoxy) is 2. The Hall–Kier alpha value is -3.52. The van der Waals surface area contributed by atoms with Crippen molar-refractivity contribution in [2.24, 2.45) is 0 Å². The molecule has 0 fully saturated rings. The third-order valence-electron chi connectivity index (χ3n) is 5.34. The van der Waals surface area contributed by atoms with Gasteiger partial charge >= 0.3 is 0 Å². The van der Waals surface area contributed by atoms with Crippen LogP contribution < -0.4 is 19.1 Å². The van der Waals surface area contributed by atoms with Gasteiger partial charge in [-0.2, -0.15) is 0 Å². The number of nitrogens with one attached hydrogen (secondary N) is 1. The van der Waals surface area contributed by atoms with Crippen LogP contribution in [0.2, 0.25) is 0 Å². The van der Waals surface area contributed by atoms with E-state index in [9.17, 15) is 13.2 Å². The van der Waals surface area contributed by atoms with Gasteiger partial charge in [0.25, 0.3) is 10.0 Å². The standard InChI is InChI=1S/C25H28N2O5S/c1-17-6-11-22(12-7-17)33(29,30)27(23-15-21(31-4)10-13-24(23)32-5)16-25(28)26-20-9-8-18(2)19(3)14-20/h6-15H,16H2,1-5H3,(H,26,28). The number of aryl methyl sites for hydroxylation is 3. The summed E-state index contributed by atoms with van der Waals surface area (Å²) in [6, 6.07) is 16.8. The zero-order valence-electron chi connectivity index (χ0n) is 19.4. The van der Waals surface area contributed by atoms with Crippen LogP contribution in [0.5, 0.6) is 11.5 Å². The third kappa shape index (κ3) is 5.46. The van der Waals surface area contributed by atoms with Crippen LogP contribution in [-0.2, 0) is 14.8 Å². The van der Waals surface area contributed by atoms with Gasteiger partial charge in [0.05, 0.1) is 24.8 Å². The number of methoxy groups -OCH3 is 2. The van der Waals surface area contributed by atoms with Crippen molar-refractivity contribution < 1.29 is 22.7 Å². The van der Waals surface area contributed by atoms with Crippen molar-refractivity contribution >= 4 is 27.3 Å². The number of hydrogen-bond acceptors (Lipinski definition) is 5. The second-order valence-corrected chi connectivity index (χ2v) is 9.57. The summed E-state index contributed by atoms with van der Waals surface area (Å²) < 4.78 is 39.0. The van der Waals surface area contributed by atoms with E-state index >= 15 is 0 Å². The Balaban J connectivity index is 2.04. The Morgan fingerprint density at radius 3 is 2.18 bits per heavy atom. The van der Waals surface area contributed by atoms with Crippen molar-refractivity contribution in [2.75, 3.05) is 30.4 Å². The molecule has 3 aromatic carbocycles. The molecule has 0 bridgehead atoms. The second kappa shape index (κ2) is 9.95. The number of benzene rings is 3. The molecule has 0 radical (unpaired) electrons. The molecular formula is C25H28N2O5S. The van der Waals surface area contributed by atoms with Crippen LogP contribution in [0, 0.1) is 20.8 Å². The quantitative estimate of drug-likeness (QED) is 0.528. The molecule has 0 aliphatic heterocycles. The molecule has 174 valence electrons. The minimum Gasteiger partial charge on any atom is -0.497 e. The molecule has 3 rings (SSSR count). The van der Waals surface area contributed by atoms with E-state index < -0.39 is 22.5 Å². The van der Waals surface area contributed by atoms with Crippen LogP contribution in [-0.4, -0.2) is 35.1 Å². The Bertz CT molecular complexity index is 1250. The number of sulfonamides is 1. The van der Waals surface area contributed by atoms with Gasteiger partial charge in [-0.1, -0.05) is 23.8 Å². The van der Waals surface area contributed by atoms with Gasteiger partial charge in [0.15, 0.2) is 0 Å². The lowest BCUT2D eigenvalue weighted by Gasteiger charge is -2.26. The second-order valence-electron chi connectivity index (χ2n) is 7.71. The fourth-order valence-electron chi connectivity index (χ4n) is 3.28. The molecule has 8 heteroatoms. The topological polar surface area (TPSA) is 84.9 Å². The normalized spacial score (nSPS) is 11.1. The van der Waals surface area contributed by atoms with Crippen molar-refractivity contribution in [1.29, 1.82) is 0 Å². The third-order valence-corrected chi connectivity index (χ3v) is 7.12. The minimum atomic E-state index is -4.09. The molecule has 33 heavy (non-hydrogen) atoms. The van der Waals surface area contributed by atoms with Gasteiger partial charge in [-0.25, -0.2) is 8.42 Å². The number of anilines is 2. The molecule has 0 unspecified atom stereocenters. The maximum absolute atomic E-state index is 13.6. The molecule has 0 atom stereocenters. The van der Waals surface area contributed by atoms with Crippen LogP contribution >= 0.6 is 0 Å². The fourth-order valence-corrected chi connectivity index (χ4v) is 4.70. The van der Waals surface area contributed by atoms with Crippen molar-refractivity contribution in [3.63, 3.8) is 0 Å². The maximum Gasteiger partial charge on any atom is 0.264 e. The number of nitrogens with zero attached hydrogens (tertiary/aromatic N) is 1. The highest BCUT2D eigenvalue weighted by Crippen LogP contribution is 2.35. The van der Waals surface area contributed by atoms with Gasteiger partial charge in [0.1, 0.15) is 18.0 Å². The lowest BCUT2D eigenvalue weighted by molar-refractivity contribution is -0.114. The molecule has 0 spiro atoms. The van der Waals surface area contributed by atoms with E-state index in [4.69, 9.17) is 9.47 Å². The van der Waals surface area contributed by atoms with E-state index in [1.807, 2.05) is 32.9 Å². The van der Waals surface area contributed by atoms with Crippen LogP contribution in [0.15, 0.2) is 65.6 Å². The molecule has 0 aromatic heterocycles. The number of amides is 1. The highest BCUT2D eigenvalue weighted by molar-refractivity contribution is 7.92. The number of carbonyl (C=O) groups excluding carboxylic acids is 1. The van der Waals surface area contributed by atoms with Crippen molar-refractivity contribution in [3.05, 3.63) is 77.4 Å². The highest BCUT2D eigenvalue weighted by Gasteiger charge is 2.30. The van der Waals surface area contributed by atoms with Crippen LogP contribution in [0.25, 0.3) is 0 Å². The molecule has 0 aliphatic carbocycles. The van der Waals surface area contributed by atoms with Crippen molar-refractivity contribution in [3.8, 4) is 11.5 Å². The molecule has 0 saturated carbocycles. The molecule has 0 saturated heterocycles. The Kier molecular flexibility index (Phi) is 7.28. The van der Waals surface area contributed by atoms with E-state index in [2.05, 4.69) is 5.32 Å². The van der Waals surface area contributed by atoms with E-state index in [1.165, 1.54) is 32.4 Å². The van der Waals surface area contributed by atoms with E-state index in [0.717, 1.165) is 21.0 Å². The van der Waals surface area contributed by atoms with Crippen molar-refractivity contribution in [1.82, 2.24) is 0 Å². The van der Waals surface area contributed by atoms with E-state index in [-0.39, 0.29) is 10.6 Å². The molecular weight excluding hydrogens is 440 g/mol. The zero-order valence-corrected chi connectivity index (χ0v) is 20.2. The summed E-state index contributed by atoms with van der Waals surface area (Å²) in [7, 11) is -1.17.